The van der Waals surface area contributed by atoms with Crippen LogP contribution in [0.5, 0.6) is 0 Å². The van der Waals surface area contributed by atoms with Gasteiger partial charge in [-0.25, -0.2) is 4.79 Å². The molecule has 0 saturated carbocycles. The molecule has 2 atom stereocenters. The number of carbonyl (C=O) groups excluding carboxylic acids is 1. The number of piperidine rings is 1. The third-order valence-electron chi connectivity index (χ3n) is 4.75. The Hall–Kier alpha value is -2.60. The molecule has 1 aliphatic rings. The van der Waals surface area contributed by atoms with Crippen molar-refractivity contribution in [1.82, 2.24) is 9.80 Å². The maximum Gasteiger partial charge on any atom is 0.326 e. The minimum Gasteiger partial charge on any atom is -0.480 e. The highest BCUT2D eigenvalue weighted by molar-refractivity contribution is 5.94. The SMILES string of the molecule is CN(Cc1ccccc1)[C@H]1CCN(C(=O)c2ccco2)[C@@H](C(=O)O)C1. The smallest absolute Gasteiger partial charge is 0.326 e. The summed E-state index contributed by atoms with van der Waals surface area (Å²) in [6.07, 6.45) is 2.56. The van der Waals surface area contributed by atoms with E-state index >= 15 is 0 Å². The predicted molar refractivity (Wildman–Crippen MR) is 92.1 cm³/mol. The number of hydrogen-bond acceptors (Lipinski definition) is 4. The van der Waals surface area contributed by atoms with Gasteiger partial charge in [0.15, 0.2) is 5.76 Å². The van der Waals surface area contributed by atoms with Gasteiger partial charge in [-0.15, -0.1) is 0 Å². The molecule has 0 bridgehead atoms. The molecular weight excluding hydrogens is 320 g/mol. The summed E-state index contributed by atoms with van der Waals surface area (Å²) in [5.41, 5.74) is 1.19. The first-order chi connectivity index (χ1) is 12.1. The van der Waals surface area contributed by atoms with Crippen LogP contribution in [-0.4, -0.2) is 52.5 Å². The standard InChI is InChI=1S/C19H22N2O4/c1-20(13-14-6-3-2-4-7-14)15-9-10-21(16(12-15)19(23)24)18(22)17-8-5-11-25-17/h2-8,11,15-16H,9-10,12-13H2,1H3,(H,23,24)/t15-,16+/m0/s1. The average Bonchev–Trinajstić information content (AvgIpc) is 3.16. The summed E-state index contributed by atoms with van der Waals surface area (Å²) in [4.78, 5) is 27.8. The molecule has 2 aromatic rings. The second-order valence-corrected chi connectivity index (χ2v) is 6.41. The van der Waals surface area contributed by atoms with E-state index in [2.05, 4.69) is 17.0 Å². The Morgan fingerprint density at radius 3 is 2.64 bits per heavy atom. The minimum atomic E-state index is -0.974. The molecule has 132 valence electrons. The predicted octanol–water partition coefficient (Wildman–Crippen LogP) is 2.47. The monoisotopic (exact) mass is 342 g/mol. The van der Waals surface area contributed by atoms with Gasteiger partial charge < -0.3 is 14.4 Å². The lowest BCUT2D eigenvalue weighted by atomic mass is 9.95. The fraction of sp³-hybridized carbons (Fsp3) is 0.368. The van der Waals surface area contributed by atoms with Crippen molar-refractivity contribution in [2.24, 2.45) is 0 Å². The molecular formula is C19H22N2O4. The van der Waals surface area contributed by atoms with Crippen molar-refractivity contribution in [3.8, 4) is 0 Å². The van der Waals surface area contributed by atoms with Crippen molar-refractivity contribution < 1.29 is 19.1 Å². The highest BCUT2D eigenvalue weighted by Gasteiger charge is 2.38. The van der Waals surface area contributed by atoms with E-state index in [1.165, 1.54) is 16.7 Å². The molecule has 3 rings (SSSR count). The summed E-state index contributed by atoms with van der Waals surface area (Å²) in [6, 6.07) is 12.5. The van der Waals surface area contributed by atoms with Crippen LogP contribution in [0.15, 0.2) is 53.1 Å². The topological polar surface area (TPSA) is 74.0 Å². The van der Waals surface area contributed by atoms with Crippen LogP contribution < -0.4 is 0 Å². The van der Waals surface area contributed by atoms with Crippen LogP contribution in [-0.2, 0) is 11.3 Å². The maximum atomic E-state index is 12.5. The van der Waals surface area contributed by atoms with Crippen molar-refractivity contribution in [3.63, 3.8) is 0 Å². The average molecular weight is 342 g/mol. The first kappa shape index (κ1) is 17.2. The third-order valence-corrected chi connectivity index (χ3v) is 4.75. The number of likely N-dealkylation sites (tertiary alicyclic amines) is 1. The van der Waals surface area contributed by atoms with E-state index in [1.54, 1.807) is 12.1 Å². The second-order valence-electron chi connectivity index (χ2n) is 6.41. The zero-order chi connectivity index (χ0) is 17.8. The zero-order valence-corrected chi connectivity index (χ0v) is 14.2. The van der Waals surface area contributed by atoms with E-state index in [1.807, 2.05) is 25.2 Å². The lowest BCUT2D eigenvalue weighted by Crippen LogP contribution is -2.54. The van der Waals surface area contributed by atoms with Gasteiger partial charge in [0.25, 0.3) is 5.91 Å². The fourth-order valence-corrected chi connectivity index (χ4v) is 3.37. The molecule has 1 aliphatic heterocycles. The summed E-state index contributed by atoms with van der Waals surface area (Å²) in [5, 5.41) is 9.60. The summed E-state index contributed by atoms with van der Waals surface area (Å²) in [6.45, 7) is 1.16. The minimum absolute atomic E-state index is 0.113. The molecule has 0 radical (unpaired) electrons. The van der Waals surface area contributed by atoms with E-state index in [0.717, 1.165) is 13.0 Å². The molecule has 0 aliphatic carbocycles. The van der Waals surface area contributed by atoms with Gasteiger partial charge in [-0.2, -0.15) is 0 Å². The van der Waals surface area contributed by atoms with Gasteiger partial charge in [0.1, 0.15) is 6.04 Å². The van der Waals surface area contributed by atoms with Gasteiger partial charge in [0.05, 0.1) is 6.26 Å². The lowest BCUT2D eigenvalue weighted by molar-refractivity contribution is -0.144. The lowest BCUT2D eigenvalue weighted by Gasteiger charge is -2.40. The molecule has 0 spiro atoms. The molecule has 1 saturated heterocycles. The Bertz CT molecular complexity index is 714. The molecule has 0 unspecified atom stereocenters. The Morgan fingerprint density at radius 2 is 2.00 bits per heavy atom. The Kier molecular flexibility index (Phi) is 5.19. The number of nitrogens with zero attached hydrogens (tertiary/aromatic N) is 2. The first-order valence-electron chi connectivity index (χ1n) is 8.37. The van der Waals surface area contributed by atoms with Gasteiger partial charge >= 0.3 is 5.97 Å². The van der Waals surface area contributed by atoms with Crippen LogP contribution in [0.25, 0.3) is 0 Å². The molecule has 25 heavy (non-hydrogen) atoms. The summed E-state index contributed by atoms with van der Waals surface area (Å²) >= 11 is 0. The number of carboxylic acid groups (broad SMARTS) is 1. The van der Waals surface area contributed by atoms with Crippen LogP contribution >= 0.6 is 0 Å². The number of rotatable bonds is 5. The van der Waals surface area contributed by atoms with Crippen molar-refractivity contribution in [1.29, 1.82) is 0 Å². The van der Waals surface area contributed by atoms with Crippen LogP contribution in [0.4, 0.5) is 0 Å². The Balaban J connectivity index is 1.68. The molecule has 2 heterocycles. The largest absolute Gasteiger partial charge is 0.480 e. The summed E-state index contributed by atoms with van der Waals surface area (Å²) in [5.74, 6) is -1.15. The number of carbonyl (C=O) groups is 2. The third kappa shape index (κ3) is 3.91. The van der Waals surface area contributed by atoms with Crippen molar-refractivity contribution >= 4 is 11.9 Å². The zero-order valence-electron chi connectivity index (χ0n) is 14.2. The fourth-order valence-electron chi connectivity index (χ4n) is 3.37. The van der Waals surface area contributed by atoms with Crippen LogP contribution in [0.1, 0.15) is 29.0 Å². The van der Waals surface area contributed by atoms with Gasteiger partial charge in [-0.05, 0) is 37.6 Å². The number of furan rings is 1. The molecule has 1 aromatic carbocycles. The number of benzene rings is 1. The summed E-state index contributed by atoms with van der Waals surface area (Å²) in [7, 11) is 2.00. The number of aliphatic carboxylic acids is 1. The molecule has 1 N–H and O–H groups in total. The molecule has 1 aromatic heterocycles. The van der Waals surface area contributed by atoms with Gasteiger partial charge in [-0.3, -0.25) is 9.69 Å². The number of hydrogen-bond donors (Lipinski definition) is 1. The Labute approximate surface area is 146 Å². The highest BCUT2D eigenvalue weighted by Crippen LogP contribution is 2.24. The van der Waals surface area contributed by atoms with Gasteiger partial charge in [-0.1, -0.05) is 30.3 Å². The van der Waals surface area contributed by atoms with E-state index in [9.17, 15) is 14.7 Å². The second kappa shape index (κ2) is 7.53. The van der Waals surface area contributed by atoms with E-state index < -0.39 is 12.0 Å². The number of carboxylic acids is 1. The maximum absolute atomic E-state index is 12.5. The van der Waals surface area contributed by atoms with Crippen LogP contribution in [0.2, 0.25) is 0 Å². The Morgan fingerprint density at radius 1 is 1.24 bits per heavy atom. The van der Waals surface area contributed by atoms with Crippen LogP contribution in [0.3, 0.4) is 0 Å². The molecule has 1 amide bonds. The van der Waals surface area contributed by atoms with E-state index in [-0.39, 0.29) is 17.7 Å². The van der Waals surface area contributed by atoms with Gasteiger partial charge in [0.2, 0.25) is 0 Å². The molecule has 6 heteroatoms. The quantitative estimate of drug-likeness (QED) is 0.903. The van der Waals surface area contributed by atoms with E-state index in [4.69, 9.17) is 4.42 Å². The first-order valence-corrected chi connectivity index (χ1v) is 8.37. The number of amides is 1. The molecule has 1 fully saturated rings. The van der Waals surface area contributed by atoms with Gasteiger partial charge in [0, 0.05) is 19.1 Å². The van der Waals surface area contributed by atoms with Crippen molar-refractivity contribution in [3.05, 3.63) is 60.1 Å². The van der Waals surface area contributed by atoms with E-state index in [0.29, 0.717) is 13.0 Å². The summed E-state index contributed by atoms with van der Waals surface area (Å²) < 4.78 is 5.14. The highest BCUT2D eigenvalue weighted by atomic mass is 16.4. The van der Waals surface area contributed by atoms with Crippen LogP contribution in [0, 0.1) is 0 Å². The molecule has 6 nitrogen and oxygen atoms in total. The van der Waals surface area contributed by atoms with Crippen molar-refractivity contribution in [2.45, 2.75) is 31.5 Å². The van der Waals surface area contributed by atoms with Crippen molar-refractivity contribution in [2.75, 3.05) is 13.6 Å². The normalized spacial score (nSPS) is 20.6.